The van der Waals surface area contributed by atoms with Crippen molar-refractivity contribution in [2.24, 2.45) is 5.16 Å². The molecule has 6 nitrogen and oxygen atoms in total. The Kier molecular flexibility index (Phi) is 7.76. The van der Waals surface area contributed by atoms with Gasteiger partial charge in [-0.05, 0) is 26.2 Å². The lowest BCUT2D eigenvalue weighted by atomic mass is 9.95. The van der Waals surface area contributed by atoms with Crippen molar-refractivity contribution in [1.29, 1.82) is 0 Å². The fraction of sp³-hybridized carbons (Fsp3) is 0.769. The van der Waals surface area contributed by atoms with Gasteiger partial charge in [0.2, 0.25) is 11.5 Å². The molecule has 0 N–H and O–H groups in total. The zero-order chi connectivity index (χ0) is 15.0. The molecule has 7 heteroatoms. The average Bonchev–Trinajstić information content (AvgIpc) is 2.47. The van der Waals surface area contributed by atoms with Gasteiger partial charge in [0, 0.05) is 7.11 Å². The summed E-state index contributed by atoms with van der Waals surface area (Å²) in [7, 11) is 1.62. The maximum atomic E-state index is 11.7. The van der Waals surface area contributed by atoms with Crippen LogP contribution in [0.15, 0.2) is 5.16 Å². The van der Waals surface area contributed by atoms with Crippen molar-refractivity contribution in [1.82, 2.24) is 0 Å². The van der Waals surface area contributed by atoms with E-state index in [1.165, 1.54) is 0 Å². The van der Waals surface area contributed by atoms with Crippen molar-refractivity contribution in [2.75, 3.05) is 19.0 Å². The SMILES string of the molecule is CCOC(=O)C(=NOC1CCCCC1OC)C(=O)CBr. The summed E-state index contributed by atoms with van der Waals surface area (Å²) in [6, 6.07) is 0. The number of methoxy groups -OCH3 is 1. The van der Waals surface area contributed by atoms with Gasteiger partial charge in [-0.25, -0.2) is 4.79 Å². The summed E-state index contributed by atoms with van der Waals surface area (Å²) >= 11 is 3.01. The van der Waals surface area contributed by atoms with Gasteiger partial charge < -0.3 is 14.3 Å². The number of halogens is 1. The summed E-state index contributed by atoms with van der Waals surface area (Å²) in [5.41, 5.74) is -0.316. The lowest BCUT2D eigenvalue weighted by molar-refractivity contribution is -0.136. The van der Waals surface area contributed by atoms with Gasteiger partial charge in [-0.3, -0.25) is 4.79 Å². The van der Waals surface area contributed by atoms with Crippen LogP contribution in [0, 0.1) is 0 Å². The van der Waals surface area contributed by atoms with Crippen molar-refractivity contribution in [2.45, 2.75) is 44.8 Å². The summed E-state index contributed by atoms with van der Waals surface area (Å²) in [5.74, 6) is -1.23. The second kappa shape index (κ2) is 9.07. The zero-order valence-corrected chi connectivity index (χ0v) is 13.3. The molecule has 1 aliphatic rings. The minimum atomic E-state index is -0.762. The Balaban J connectivity index is 2.74. The van der Waals surface area contributed by atoms with Crippen LogP contribution in [-0.4, -0.2) is 48.7 Å². The molecule has 2 atom stereocenters. The number of ketones is 1. The van der Waals surface area contributed by atoms with Crippen LogP contribution in [0.4, 0.5) is 0 Å². The molecule has 0 aromatic carbocycles. The third-order valence-corrected chi connectivity index (χ3v) is 3.59. The molecule has 0 aliphatic heterocycles. The number of nitrogens with zero attached hydrogens (tertiary/aromatic N) is 1. The first-order valence-corrected chi connectivity index (χ1v) is 7.79. The topological polar surface area (TPSA) is 74.2 Å². The maximum absolute atomic E-state index is 11.7. The molecule has 0 heterocycles. The van der Waals surface area contributed by atoms with Gasteiger partial charge in [-0.2, -0.15) is 0 Å². The van der Waals surface area contributed by atoms with Gasteiger partial charge in [0.25, 0.3) is 0 Å². The van der Waals surface area contributed by atoms with E-state index < -0.39 is 11.8 Å². The van der Waals surface area contributed by atoms with Gasteiger partial charge >= 0.3 is 5.97 Å². The summed E-state index contributed by atoms with van der Waals surface area (Å²) in [6.45, 7) is 1.84. The van der Waals surface area contributed by atoms with E-state index in [1.807, 2.05) is 0 Å². The predicted molar refractivity (Wildman–Crippen MR) is 77.0 cm³/mol. The summed E-state index contributed by atoms with van der Waals surface area (Å²) in [6.07, 6.45) is 3.48. The number of hydrogen-bond acceptors (Lipinski definition) is 6. The van der Waals surface area contributed by atoms with Crippen LogP contribution in [0.3, 0.4) is 0 Å². The summed E-state index contributed by atoms with van der Waals surface area (Å²) in [4.78, 5) is 28.7. The van der Waals surface area contributed by atoms with Crippen molar-refractivity contribution in [3.8, 4) is 0 Å². The molecule has 0 aromatic heterocycles. The predicted octanol–water partition coefficient (Wildman–Crippen LogP) is 1.84. The molecule has 0 bridgehead atoms. The van der Waals surface area contributed by atoms with Crippen LogP contribution in [0.2, 0.25) is 0 Å². The standard InChI is InChI=1S/C13H20BrNO5/c1-3-19-13(17)12(9(16)8-14)15-20-11-7-5-4-6-10(11)18-2/h10-11H,3-8H2,1-2H3. The molecule has 2 unspecified atom stereocenters. The van der Waals surface area contributed by atoms with E-state index in [1.54, 1.807) is 14.0 Å². The highest BCUT2D eigenvalue weighted by Crippen LogP contribution is 2.23. The van der Waals surface area contributed by atoms with E-state index in [0.29, 0.717) is 0 Å². The minimum Gasteiger partial charge on any atom is -0.461 e. The molecule has 0 spiro atoms. The van der Waals surface area contributed by atoms with E-state index >= 15 is 0 Å². The lowest BCUT2D eigenvalue weighted by Gasteiger charge is -2.28. The Hall–Kier alpha value is -0.950. The first-order chi connectivity index (χ1) is 9.63. The van der Waals surface area contributed by atoms with Crippen LogP contribution in [0.1, 0.15) is 32.6 Å². The molecule has 1 saturated carbocycles. The summed E-state index contributed by atoms with van der Waals surface area (Å²) in [5, 5.41) is 3.71. The quantitative estimate of drug-likeness (QED) is 0.230. The fourth-order valence-electron chi connectivity index (χ4n) is 2.04. The van der Waals surface area contributed by atoms with E-state index in [0.717, 1.165) is 25.7 Å². The first kappa shape index (κ1) is 17.1. The average molecular weight is 350 g/mol. The molecule has 0 aromatic rings. The fourth-order valence-corrected chi connectivity index (χ4v) is 2.30. The molecule has 1 fully saturated rings. The van der Waals surface area contributed by atoms with E-state index in [-0.39, 0.29) is 29.9 Å². The van der Waals surface area contributed by atoms with Crippen LogP contribution < -0.4 is 0 Å². The third kappa shape index (κ3) is 4.86. The van der Waals surface area contributed by atoms with Crippen molar-refractivity contribution in [3.63, 3.8) is 0 Å². The molecule has 1 aliphatic carbocycles. The Morgan fingerprint density at radius 2 is 1.90 bits per heavy atom. The second-order valence-electron chi connectivity index (χ2n) is 4.42. The van der Waals surface area contributed by atoms with Gasteiger partial charge in [0.1, 0.15) is 0 Å². The Labute approximate surface area is 126 Å². The molecule has 114 valence electrons. The van der Waals surface area contributed by atoms with Crippen molar-refractivity contribution >= 4 is 33.4 Å². The monoisotopic (exact) mass is 349 g/mol. The summed E-state index contributed by atoms with van der Waals surface area (Å²) < 4.78 is 10.1. The Morgan fingerprint density at radius 1 is 1.25 bits per heavy atom. The molecule has 0 amide bonds. The number of carbonyl (C=O) groups is 2. The second-order valence-corrected chi connectivity index (χ2v) is 4.98. The Bertz CT molecular complexity index is 372. The largest absolute Gasteiger partial charge is 0.461 e. The number of hydrogen-bond donors (Lipinski definition) is 0. The van der Waals surface area contributed by atoms with Crippen LogP contribution in [-0.2, 0) is 23.9 Å². The molecule has 0 saturated heterocycles. The van der Waals surface area contributed by atoms with Crippen LogP contribution in [0.5, 0.6) is 0 Å². The highest BCUT2D eigenvalue weighted by molar-refractivity contribution is 9.09. The van der Waals surface area contributed by atoms with Gasteiger partial charge in [0.15, 0.2) is 6.10 Å². The zero-order valence-electron chi connectivity index (χ0n) is 11.8. The lowest BCUT2D eigenvalue weighted by Crippen LogP contribution is -2.34. The van der Waals surface area contributed by atoms with E-state index in [9.17, 15) is 9.59 Å². The Morgan fingerprint density at radius 3 is 2.45 bits per heavy atom. The normalized spacial score (nSPS) is 23.2. The van der Waals surface area contributed by atoms with Gasteiger partial charge in [-0.1, -0.05) is 27.5 Å². The van der Waals surface area contributed by atoms with E-state index in [4.69, 9.17) is 14.3 Å². The molecule has 0 radical (unpaired) electrons. The van der Waals surface area contributed by atoms with Crippen LogP contribution in [0.25, 0.3) is 0 Å². The maximum Gasteiger partial charge on any atom is 0.364 e. The molecular formula is C13H20BrNO5. The smallest absolute Gasteiger partial charge is 0.364 e. The molecule has 1 rings (SSSR count). The number of Topliss-reactive ketones (excluding diaryl/α,β-unsaturated/α-hetero) is 1. The highest BCUT2D eigenvalue weighted by atomic mass is 79.9. The third-order valence-electron chi connectivity index (χ3n) is 3.08. The van der Waals surface area contributed by atoms with Gasteiger partial charge in [-0.15, -0.1) is 0 Å². The number of rotatable bonds is 7. The number of oxime groups is 1. The van der Waals surface area contributed by atoms with Crippen molar-refractivity contribution < 1.29 is 23.9 Å². The van der Waals surface area contributed by atoms with Gasteiger partial charge in [0.05, 0.1) is 18.0 Å². The molecular weight excluding hydrogens is 330 g/mol. The number of esters is 1. The van der Waals surface area contributed by atoms with Crippen LogP contribution >= 0.6 is 15.9 Å². The molecule has 20 heavy (non-hydrogen) atoms. The first-order valence-electron chi connectivity index (χ1n) is 6.66. The highest BCUT2D eigenvalue weighted by Gasteiger charge is 2.28. The number of carbonyl (C=O) groups excluding carboxylic acids is 2. The number of alkyl halides is 1. The van der Waals surface area contributed by atoms with Crippen molar-refractivity contribution in [3.05, 3.63) is 0 Å². The van der Waals surface area contributed by atoms with E-state index in [2.05, 4.69) is 21.1 Å². The number of ether oxygens (including phenoxy) is 2. The minimum absolute atomic E-state index is 0.00756.